The van der Waals surface area contributed by atoms with Gasteiger partial charge in [0.15, 0.2) is 0 Å². The van der Waals surface area contributed by atoms with Crippen molar-refractivity contribution < 1.29 is 47.9 Å². The Morgan fingerprint density at radius 3 is 1.35 bits per heavy atom. The van der Waals surface area contributed by atoms with E-state index < -0.39 is 17.9 Å². The summed E-state index contributed by atoms with van der Waals surface area (Å²) in [6.45, 7) is 10.8. The number of hydrogen-bond acceptors (Lipinski definition) is 10. The van der Waals surface area contributed by atoms with Crippen molar-refractivity contribution in [3.8, 4) is 5.75 Å². The number of benzene rings is 1. The fourth-order valence-electron chi connectivity index (χ4n) is 2.47. The van der Waals surface area contributed by atoms with Gasteiger partial charge >= 0.3 is 17.9 Å². The molecule has 34 heavy (non-hydrogen) atoms. The average Bonchev–Trinajstić information content (AvgIpc) is 2.84. The molecular formula is C24H30O10. The predicted octanol–water partition coefficient (Wildman–Crippen LogP) is 2.13. The van der Waals surface area contributed by atoms with Gasteiger partial charge in [0.05, 0.1) is 39.6 Å². The molecule has 1 N–H and O–H groups in total. The molecular weight excluding hydrogens is 448 g/mol. The fourth-order valence-corrected chi connectivity index (χ4v) is 2.47. The monoisotopic (exact) mass is 478 g/mol. The second-order valence-electron chi connectivity index (χ2n) is 6.54. The summed E-state index contributed by atoms with van der Waals surface area (Å²) in [6.07, 6.45) is 3.17. The topological polar surface area (TPSA) is 127 Å². The van der Waals surface area contributed by atoms with Crippen LogP contribution >= 0.6 is 0 Å². The van der Waals surface area contributed by atoms with Crippen LogP contribution in [0.4, 0.5) is 0 Å². The number of hydrogen-bond donors (Lipinski definition) is 1. The summed E-state index contributed by atoms with van der Waals surface area (Å²) >= 11 is 0. The fraction of sp³-hybridized carbons (Fsp3) is 0.375. The highest BCUT2D eigenvalue weighted by molar-refractivity contribution is 5.81. The molecule has 0 radical (unpaired) electrons. The van der Waals surface area contributed by atoms with Gasteiger partial charge in [0.25, 0.3) is 0 Å². The first-order chi connectivity index (χ1) is 16.4. The van der Waals surface area contributed by atoms with Gasteiger partial charge in [0.2, 0.25) is 0 Å². The Morgan fingerprint density at radius 1 is 0.647 bits per heavy atom. The molecule has 0 aromatic heterocycles. The van der Waals surface area contributed by atoms with Crippen molar-refractivity contribution in [3.63, 3.8) is 0 Å². The number of carbonyl (C=O) groups is 3. The summed E-state index contributed by atoms with van der Waals surface area (Å²) in [4.78, 5) is 33.2. The third kappa shape index (κ3) is 12.0. The van der Waals surface area contributed by atoms with Gasteiger partial charge in [-0.1, -0.05) is 19.7 Å². The average molecular weight is 478 g/mol. The summed E-state index contributed by atoms with van der Waals surface area (Å²) in [5.41, 5.74) is 1.68. The van der Waals surface area contributed by atoms with Crippen LogP contribution < -0.4 is 0 Å². The highest BCUT2D eigenvalue weighted by Gasteiger charge is 2.12. The van der Waals surface area contributed by atoms with Gasteiger partial charge in [-0.05, 0) is 17.7 Å². The summed E-state index contributed by atoms with van der Waals surface area (Å²) < 4.78 is 31.0. The molecule has 0 aliphatic rings. The molecule has 0 aliphatic carbocycles. The summed E-state index contributed by atoms with van der Waals surface area (Å²) in [5, 5.41) is 10.6. The van der Waals surface area contributed by atoms with Gasteiger partial charge < -0.3 is 33.5 Å². The number of esters is 3. The van der Waals surface area contributed by atoms with Crippen molar-refractivity contribution in [2.24, 2.45) is 0 Å². The van der Waals surface area contributed by atoms with Crippen LogP contribution in [-0.2, 0) is 62.6 Å². The number of phenols is 1. The van der Waals surface area contributed by atoms with Crippen LogP contribution in [0.25, 0.3) is 0 Å². The molecule has 0 aliphatic heterocycles. The first kappa shape index (κ1) is 28.6. The molecule has 10 heteroatoms. The molecule has 0 spiro atoms. The summed E-state index contributed by atoms with van der Waals surface area (Å²) in [6, 6.07) is 3.41. The molecule has 0 fully saturated rings. The first-order valence-corrected chi connectivity index (χ1v) is 10.4. The Morgan fingerprint density at radius 2 is 1.00 bits per heavy atom. The third-order valence-corrected chi connectivity index (χ3v) is 4.03. The molecule has 1 aromatic carbocycles. The van der Waals surface area contributed by atoms with E-state index in [9.17, 15) is 19.5 Å². The van der Waals surface area contributed by atoms with Crippen LogP contribution in [0.5, 0.6) is 5.75 Å². The number of phenolic OH excluding ortho intramolecular Hbond substituents is 1. The van der Waals surface area contributed by atoms with E-state index in [0.29, 0.717) is 11.1 Å². The molecule has 1 aromatic rings. The first-order valence-electron chi connectivity index (χ1n) is 10.4. The highest BCUT2D eigenvalue weighted by atomic mass is 16.6. The molecule has 0 saturated heterocycles. The molecule has 0 atom stereocenters. The van der Waals surface area contributed by atoms with Crippen molar-refractivity contribution in [1.29, 1.82) is 0 Å². The zero-order valence-corrected chi connectivity index (χ0v) is 19.0. The van der Waals surface area contributed by atoms with E-state index in [0.717, 1.165) is 23.8 Å². The lowest BCUT2D eigenvalue weighted by atomic mass is 10.0. The van der Waals surface area contributed by atoms with Crippen molar-refractivity contribution in [3.05, 3.63) is 66.8 Å². The minimum Gasteiger partial charge on any atom is -0.507 e. The van der Waals surface area contributed by atoms with Crippen molar-refractivity contribution in [1.82, 2.24) is 0 Å². The Kier molecular flexibility index (Phi) is 14.3. The molecule has 0 heterocycles. The number of ether oxygens (including phenoxy) is 6. The maximum atomic E-state index is 11.1. The van der Waals surface area contributed by atoms with E-state index in [4.69, 9.17) is 28.4 Å². The molecule has 0 bridgehead atoms. The Labute approximate surface area is 198 Å². The lowest BCUT2D eigenvalue weighted by Gasteiger charge is -2.14. The Hall–Kier alpha value is -3.47. The van der Waals surface area contributed by atoms with Gasteiger partial charge in [-0.15, -0.1) is 0 Å². The van der Waals surface area contributed by atoms with Crippen molar-refractivity contribution in [2.45, 2.75) is 19.8 Å². The smallest absolute Gasteiger partial charge is 0.330 e. The van der Waals surface area contributed by atoms with E-state index in [2.05, 4.69) is 19.7 Å². The second-order valence-corrected chi connectivity index (χ2v) is 6.54. The molecule has 10 nitrogen and oxygen atoms in total. The van der Waals surface area contributed by atoms with Gasteiger partial charge in [0, 0.05) is 29.4 Å². The zero-order chi connectivity index (χ0) is 25.2. The van der Waals surface area contributed by atoms with Gasteiger partial charge in [-0.25, -0.2) is 14.4 Å². The van der Waals surface area contributed by atoms with Crippen LogP contribution in [0.2, 0.25) is 0 Å². The Balaban J connectivity index is 2.70. The minimum atomic E-state index is -0.553. The van der Waals surface area contributed by atoms with E-state index in [1.54, 1.807) is 12.1 Å². The normalized spacial score (nSPS) is 10.2. The van der Waals surface area contributed by atoms with Gasteiger partial charge in [-0.3, -0.25) is 0 Å². The SMILES string of the molecule is C=CC(=O)OCCOCc1cc(COCCOC(=O)C=C)c(O)c(COCCOC(=O)C=C)c1. The predicted molar refractivity (Wildman–Crippen MR) is 121 cm³/mol. The number of aromatic hydroxyl groups is 1. The molecule has 0 unspecified atom stereocenters. The van der Waals surface area contributed by atoms with Crippen LogP contribution in [0.3, 0.4) is 0 Å². The van der Waals surface area contributed by atoms with Crippen molar-refractivity contribution in [2.75, 3.05) is 39.6 Å². The van der Waals surface area contributed by atoms with Crippen LogP contribution in [0.15, 0.2) is 50.1 Å². The molecule has 0 amide bonds. The maximum Gasteiger partial charge on any atom is 0.330 e. The zero-order valence-electron chi connectivity index (χ0n) is 19.0. The third-order valence-electron chi connectivity index (χ3n) is 4.03. The number of rotatable bonds is 18. The standard InChI is InChI=1S/C24H30O10/c1-4-21(25)32-10-7-29-15-18-13-19(16-30-8-11-33-22(26)5-2)24(28)20(14-18)17-31-9-12-34-23(27)6-3/h4-6,13-14,28H,1-3,7-12,15-17H2. The second kappa shape index (κ2) is 17.1. The lowest BCUT2D eigenvalue weighted by Crippen LogP contribution is -2.10. The molecule has 1 rings (SSSR count). The quantitative estimate of drug-likeness (QED) is 0.145. The van der Waals surface area contributed by atoms with Crippen molar-refractivity contribution >= 4 is 17.9 Å². The minimum absolute atomic E-state index is 0.0187. The summed E-state index contributed by atoms with van der Waals surface area (Å²) in [5.74, 6) is -1.66. The van der Waals surface area contributed by atoms with Crippen LogP contribution in [0, 0.1) is 0 Å². The van der Waals surface area contributed by atoms with E-state index >= 15 is 0 Å². The van der Waals surface area contributed by atoms with Crippen LogP contribution in [-0.4, -0.2) is 62.7 Å². The van der Waals surface area contributed by atoms with Gasteiger partial charge in [-0.2, -0.15) is 0 Å². The number of carbonyl (C=O) groups excluding carboxylic acids is 3. The Bertz CT molecular complexity index is 795. The van der Waals surface area contributed by atoms with E-state index in [1.165, 1.54) is 0 Å². The van der Waals surface area contributed by atoms with Crippen LogP contribution in [0.1, 0.15) is 16.7 Å². The highest BCUT2D eigenvalue weighted by Crippen LogP contribution is 2.27. The van der Waals surface area contributed by atoms with Gasteiger partial charge in [0.1, 0.15) is 25.6 Å². The molecule has 0 saturated carbocycles. The molecule has 186 valence electrons. The van der Waals surface area contributed by atoms with E-state index in [1.807, 2.05) is 0 Å². The maximum absolute atomic E-state index is 11.1. The summed E-state index contributed by atoms with van der Waals surface area (Å²) in [7, 11) is 0. The largest absolute Gasteiger partial charge is 0.507 e. The lowest BCUT2D eigenvalue weighted by molar-refractivity contribution is -0.140. The van der Waals surface area contributed by atoms with E-state index in [-0.39, 0.29) is 65.2 Å².